The highest BCUT2D eigenvalue weighted by Gasteiger charge is 2.30. The maximum atomic E-state index is 12.0. The molecular weight excluding hydrogens is 236 g/mol. The van der Waals surface area contributed by atoms with Crippen molar-refractivity contribution in [1.82, 2.24) is 10.2 Å². The molecule has 1 fully saturated rings. The molecule has 0 spiro atoms. The lowest BCUT2D eigenvalue weighted by atomic mass is 9.96. The van der Waals surface area contributed by atoms with E-state index in [1.54, 1.807) is 7.05 Å². The SMILES string of the molecule is CNC(=O)C1CCCN(C(=O)C(N)CC(N)=O)C1. The monoisotopic (exact) mass is 256 g/mol. The van der Waals surface area contributed by atoms with Crippen LogP contribution >= 0.6 is 0 Å². The lowest BCUT2D eigenvalue weighted by Gasteiger charge is -2.33. The van der Waals surface area contributed by atoms with Crippen LogP contribution in [0.25, 0.3) is 0 Å². The standard InChI is InChI=1S/C11H20N4O3/c1-14-10(17)7-3-2-4-15(6-7)11(18)8(12)5-9(13)16/h7-8H,2-6,12H2,1H3,(H2,13,16)(H,14,17). The van der Waals surface area contributed by atoms with Gasteiger partial charge in [-0.05, 0) is 12.8 Å². The molecule has 5 N–H and O–H groups in total. The van der Waals surface area contributed by atoms with Crippen LogP contribution in [0.5, 0.6) is 0 Å². The molecule has 1 heterocycles. The number of likely N-dealkylation sites (tertiary alicyclic amines) is 1. The topological polar surface area (TPSA) is 119 Å². The molecule has 7 heteroatoms. The number of carbonyl (C=O) groups is 3. The third kappa shape index (κ3) is 3.69. The van der Waals surface area contributed by atoms with Gasteiger partial charge in [-0.1, -0.05) is 0 Å². The Bertz CT molecular complexity index is 345. The van der Waals surface area contributed by atoms with E-state index in [1.165, 1.54) is 4.90 Å². The smallest absolute Gasteiger partial charge is 0.240 e. The average molecular weight is 256 g/mol. The molecule has 0 aromatic carbocycles. The molecule has 0 saturated carbocycles. The summed E-state index contributed by atoms with van der Waals surface area (Å²) in [7, 11) is 1.57. The highest BCUT2D eigenvalue weighted by Crippen LogP contribution is 2.17. The summed E-state index contributed by atoms with van der Waals surface area (Å²) in [4.78, 5) is 35.7. The second-order valence-corrected chi connectivity index (χ2v) is 4.51. The zero-order valence-corrected chi connectivity index (χ0v) is 10.5. The van der Waals surface area contributed by atoms with E-state index in [0.717, 1.165) is 12.8 Å². The zero-order valence-electron chi connectivity index (χ0n) is 10.5. The Morgan fingerprint density at radius 3 is 2.67 bits per heavy atom. The van der Waals surface area contributed by atoms with Gasteiger partial charge in [0.15, 0.2) is 0 Å². The first kappa shape index (κ1) is 14.4. The van der Waals surface area contributed by atoms with Gasteiger partial charge in [-0.25, -0.2) is 0 Å². The number of primary amides is 1. The second kappa shape index (κ2) is 6.34. The van der Waals surface area contributed by atoms with Crippen LogP contribution in [0.1, 0.15) is 19.3 Å². The van der Waals surface area contributed by atoms with E-state index in [-0.39, 0.29) is 24.2 Å². The number of nitrogens with zero attached hydrogens (tertiary/aromatic N) is 1. The van der Waals surface area contributed by atoms with Crippen LogP contribution in [0.2, 0.25) is 0 Å². The number of rotatable bonds is 4. The fourth-order valence-electron chi connectivity index (χ4n) is 2.13. The second-order valence-electron chi connectivity index (χ2n) is 4.51. The van der Waals surface area contributed by atoms with Crippen molar-refractivity contribution in [2.24, 2.45) is 17.4 Å². The normalized spacial score (nSPS) is 21.2. The van der Waals surface area contributed by atoms with Crippen molar-refractivity contribution >= 4 is 17.7 Å². The molecule has 0 aliphatic carbocycles. The minimum absolute atomic E-state index is 0.0732. The lowest BCUT2D eigenvalue weighted by molar-refractivity contribution is -0.138. The summed E-state index contributed by atoms with van der Waals surface area (Å²) >= 11 is 0. The molecule has 7 nitrogen and oxygen atoms in total. The maximum Gasteiger partial charge on any atom is 0.240 e. The molecular formula is C11H20N4O3. The number of piperidine rings is 1. The molecule has 1 saturated heterocycles. The predicted octanol–water partition coefficient (Wildman–Crippen LogP) is -1.83. The van der Waals surface area contributed by atoms with Gasteiger partial charge >= 0.3 is 0 Å². The minimum Gasteiger partial charge on any atom is -0.370 e. The van der Waals surface area contributed by atoms with Gasteiger partial charge in [0.05, 0.1) is 18.4 Å². The summed E-state index contributed by atoms with van der Waals surface area (Å²) in [5.74, 6) is -1.19. The largest absolute Gasteiger partial charge is 0.370 e. The Hall–Kier alpha value is -1.63. The predicted molar refractivity (Wildman–Crippen MR) is 65.2 cm³/mol. The van der Waals surface area contributed by atoms with Crippen LogP contribution in [0.3, 0.4) is 0 Å². The third-order valence-corrected chi connectivity index (χ3v) is 3.09. The molecule has 18 heavy (non-hydrogen) atoms. The molecule has 1 aliphatic heterocycles. The molecule has 3 amide bonds. The van der Waals surface area contributed by atoms with E-state index in [9.17, 15) is 14.4 Å². The molecule has 0 bridgehead atoms. The van der Waals surface area contributed by atoms with Crippen molar-refractivity contribution in [1.29, 1.82) is 0 Å². The quantitative estimate of drug-likeness (QED) is 0.548. The number of nitrogens with one attached hydrogen (secondary N) is 1. The van der Waals surface area contributed by atoms with Crippen molar-refractivity contribution < 1.29 is 14.4 Å². The molecule has 1 rings (SSSR count). The highest BCUT2D eigenvalue weighted by atomic mass is 16.2. The molecule has 102 valence electrons. The van der Waals surface area contributed by atoms with Crippen LogP contribution in [0, 0.1) is 5.92 Å². The van der Waals surface area contributed by atoms with Gasteiger partial charge in [0.2, 0.25) is 17.7 Å². The van der Waals surface area contributed by atoms with Crippen LogP contribution in [0.4, 0.5) is 0 Å². The fraction of sp³-hybridized carbons (Fsp3) is 0.727. The Labute approximate surface area is 106 Å². The van der Waals surface area contributed by atoms with Gasteiger partial charge in [0.25, 0.3) is 0 Å². The van der Waals surface area contributed by atoms with Crippen molar-refractivity contribution in [3.63, 3.8) is 0 Å². The molecule has 1 aliphatic rings. The number of carbonyl (C=O) groups excluding carboxylic acids is 3. The first-order chi connectivity index (χ1) is 8.45. The van der Waals surface area contributed by atoms with Gasteiger partial charge in [0, 0.05) is 20.1 Å². The van der Waals surface area contributed by atoms with E-state index in [1.807, 2.05) is 0 Å². The summed E-state index contributed by atoms with van der Waals surface area (Å²) in [6, 6.07) is -0.911. The summed E-state index contributed by atoms with van der Waals surface area (Å²) in [6.07, 6.45) is 1.35. The Morgan fingerprint density at radius 2 is 2.11 bits per heavy atom. The van der Waals surface area contributed by atoms with Gasteiger partial charge in [-0.2, -0.15) is 0 Å². The van der Waals surface area contributed by atoms with Crippen molar-refractivity contribution in [3.8, 4) is 0 Å². The summed E-state index contributed by atoms with van der Waals surface area (Å²) in [6.45, 7) is 0.920. The Kier molecular flexibility index (Phi) is 5.08. The zero-order chi connectivity index (χ0) is 13.7. The third-order valence-electron chi connectivity index (χ3n) is 3.09. The molecule has 2 unspecified atom stereocenters. The molecule has 0 aromatic heterocycles. The van der Waals surface area contributed by atoms with Crippen LogP contribution in [-0.4, -0.2) is 48.8 Å². The van der Waals surface area contributed by atoms with E-state index < -0.39 is 11.9 Å². The lowest BCUT2D eigenvalue weighted by Crippen LogP contribution is -2.51. The number of hydrogen-bond acceptors (Lipinski definition) is 4. The number of amides is 3. The summed E-state index contributed by atoms with van der Waals surface area (Å²) in [5.41, 5.74) is 10.6. The van der Waals surface area contributed by atoms with Crippen molar-refractivity contribution in [3.05, 3.63) is 0 Å². The van der Waals surface area contributed by atoms with Gasteiger partial charge in [0.1, 0.15) is 0 Å². The summed E-state index contributed by atoms with van der Waals surface area (Å²) in [5, 5.41) is 2.57. The number of nitrogens with two attached hydrogens (primary N) is 2. The van der Waals surface area contributed by atoms with E-state index >= 15 is 0 Å². The molecule has 2 atom stereocenters. The van der Waals surface area contributed by atoms with Crippen LogP contribution < -0.4 is 16.8 Å². The first-order valence-corrected chi connectivity index (χ1v) is 6.00. The molecule has 0 aromatic rings. The van der Waals surface area contributed by atoms with Crippen molar-refractivity contribution in [2.45, 2.75) is 25.3 Å². The number of hydrogen-bond donors (Lipinski definition) is 3. The van der Waals surface area contributed by atoms with E-state index in [4.69, 9.17) is 11.5 Å². The van der Waals surface area contributed by atoms with E-state index in [2.05, 4.69) is 5.32 Å². The van der Waals surface area contributed by atoms with Gasteiger partial charge in [-0.15, -0.1) is 0 Å². The Morgan fingerprint density at radius 1 is 1.44 bits per heavy atom. The van der Waals surface area contributed by atoms with Crippen LogP contribution in [-0.2, 0) is 14.4 Å². The van der Waals surface area contributed by atoms with E-state index in [0.29, 0.717) is 13.1 Å². The average Bonchev–Trinajstić information content (AvgIpc) is 2.36. The maximum absolute atomic E-state index is 12.0. The van der Waals surface area contributed by atoms with Crippen LogP contribution in [0.15, 0.2) is 0 Å². The highest BCUT2D eigenvalue weighted by molar-refractivity contribution is 5.88. The van der Waals surface area contributed by atoms with Gasteiger partial charge < -0.3 is 21.7 Å². The first-order valence-electron chi connectivity index (χ1n) is 6.00. The minimum atomic E-state index is -0.911. The summed E-state index contributed by atoms with van der Waals surface area (Å²) < 4.78 is 0. The fourth-order valence-corrected chi connectivity index (χ4v) is 2.13. The van der Waals surface area contributed by atoms with Gasteiger partial charge in [-0.3, -0.25) is 14.4 Å². The Balaban J connectivity index is 2.58. The van der Waals surface area contributed by atoms with Crippen molar-refractivity contribution in [2.75, 3.05) is 20.1 Å². The molecule has 0 radical (unpaired) electrons.